The summed E-state index contributed by atoms with van der Waals surface area (Å²) >= 11 is -2.13. The number of aromatic nitrogens is 1. The van der Waals surface area contributed by atoms with Gasteiger partial charge in [0.1, 0.15) is 0 Å². The van der Waals surface area contributed by atoms with Crippen molar-refractivity contribution in [3.63, 3.8) is 0 Å². The van der Waals surface area contributed by atoms with Crippen LogP contribution in [0, 0.1) is 0 Å². The third-order valence-corrected chi connectivity index (χ3v) is 3.47. The van der Waals surface area contributed by atoms with E-state index >= 15 is 0 Å². The summed E-state index contributed by atoms with van der Waals surface area (Å²) in [5, 5.41) is 4.86. The minimum atomic E-state index is -2.13. The van der Waals surface area contributed by atoms with Crippen molar-refractivity contribution in [3.8, 4) is 0 Å². The van der Waals surface area contributed by atoms with E-state index in [9.17, 15) is 0 Å². The van der Waals surface area contributed by atoms with Gasteiger partial charge in [0.2, 0.25) is 0 Å². The maximum atomic E-state index is 5.00. The van der Waals surface area contributed by atoms with Crippen molar-refractivity contribution >= 4 is 31.2 Å². The first-order valence-corrected chi connectivity index (χ1v) is 17.4. The number of rotatable bonds is 5. The molecule has 2 aromatic rings. The van der Waals surface area contributed by atoms with Crippen molar-refractivity contribution in [1.82, 2.24) is 4.98 Å². The zero-order valence-corrected chi connectivity index (χ0v) is 19.2. The van der Waals surface area contributed by atoms with Crippen LogP contribution in [0.25, 0.3) is 5.32 Å². The fraction of sp³-hybridized carbons (Fsp3) is 0.389. The van der Waals surface area contributed by atoms with Gasteiger partial charge in [-0.1, -0.05) is 69.6 Å². The minimum absolute atomic E-state index is 0.483. The Morgan fingerprint density at radius 1 is 0.917 bits per heavy atom. The third kappa shape index (κ3) is 7.87. The summed E-state index contributed by atoms with van der Waals surface area (Å²) in [5.41, 5.74) is 4.82. The summed E-state index contributed by atoms with van der Waals surface area (Å²) in [6, 6.07) is 12.5. The molecule has 0 aliphatic carbocycles. The molecule has 2 nitrogen and oxygen atoms in total. The Balaban J connectivity index is 0.000000648. The first-order chi connectivity index (χ1) is 11.3. The van der Waals surface area contributed by atoms with E-state index < -0.39 is 18.2 Å². The van der Waals surface area contributed by atoms with Gasteiger partial charge >= 0.3 is 43.7 Å². The molecular weight excluding hydrogens is 442 g/mol. The number of halogens is 3. The Bertz CT molecular complexity index is 575. The molecule has 0 amide bonds. The first-order valence-electron chi connectivity index (χ1n) is 7.86. The van der Waals surface area contributed by atoms with E-state index in [1.807, 2.05) is 24.4 Å². The number of pyridine rings is 1. The van der Waals surface area contributed by atoms with Crippen LogP contribution in [0.1, 0.15) is 56.4 Å². The second-order valence-corrected chi connectivity index (χ2v) is 17.1. The van der Waals surface area contributed by atoms with E-state index in [4.69, 9.17) is 30.9 Å². The molecule has 0 saturated heterocycles. The topological polar surface area (TPSA) is 27.0 Å². The summed E-state index contributed by atoms with van der Waals surface area (Å²) in [6.07, 6.45) is 1.82. The standard InChI is InChI=1S/C18H23N2.3ClH.Zr/c1-13(2)16-9-7-10-17(14(3)4)18(16)20-12-15-8-5-6-11-19-15;;;;/h5-11,13-14H,12H2,1-4H3;3*1H;/q-1;;;;+3/p-3. The molecule has 6 heteroatoms. The van der Waals surface area contributed by atoms with E-state index in [-0.39, 0.29) is 0 Å². The van der Waals surface area contributed by atoms with Gasteiger partial charge in [0.25, 0.3) is 0 Å². The molecular formula is C18H23Cl3N2Zr-. The van der Waals surface area contributed by atoms with Gasteiger partial charge < -0.3 is 5.32 Å². The predicted molar refractivity (Wildman–Crippen MR) is 103 cm³/mol. The summed E-state index contributed by atoms with van der Waals surface area (Å²) < 4.78 is 0. The molecule has 0 unspecified atom stereocenters. The van der Waals surface area contributed by atoms with Gasteiger partial charge in [-0.05, 0) is 24.0 Å². The van der Waals surface area contributed by atoms with Crippen molar-refractivity contribution in [1.29, 1.82) is 0 Å². The van der Waals surface area contributed by atoms with Gasteiger partial charge in [-0.3, -0.25) is 4.98 Å². The molecule has 1 heterocycles. The summed E-state index contributed by atoms with van der Waals surface area (Å²) in [7, 11) is 15.0. The van der Waals surface area contributed by atoms with Crippen LogP contribution in [-0.4, -0.2) is 4.98 Å². The fourth-order valence-electron chi connectivity index (χ4n) is 2.35. The molecule has 0 fully saturated rings. The molecule has 1 aromatic carbocycles. The van der Waals surface area contributed by atoms with Gasteiger partial charge in [-0.2, -0.15) is 0 Å². The Labute approximate surface area is 164 Å². The second-order valence-electron chi connectivity index (χ2n) is 5.95. The third-order valence-electron chi connectivity index (χ3n) is 3.47. The van der Waals surface area contributed by atoms with Crippen LogP contribution < -0.4 is 0 Å². The van der Waals surface area contributed by atoms with Gasteiger partial charge in [0.15, 0.2) is 0 Å². The molecule has 1 aromatic heterocycles. The number of benzene rings is 1. The van der Waals surface area contributed by atoms with Crippen LogP contribution in [0.5, 0.6) is 0 Å². The predicted octanol–water partition coefficient (Wildman–Crippen LogP) is 7.60. The number of hydrogen-bond acceptors (Lipinski definition) is 1. The molecule has 0 spiro atoms. The van der Waals surface area contributed by atoms with Crippen LogP contribution in [0.2, 0.25) is 0 Å². The van der Waals surface area contributed by atoms with Crippen molar-refractivity contribution in [2.75, 3.05) is 0 Å². The fourth-order valence-corrected chi connectivity index (χ4v) is 2.35. The van der Waals surface area contributed by atoms with E-state index in [0.29, 0.717) is 18.4 Å². The molecule has 131 valence electrons. The van der Waals surface area contributed by atoms with Gasteiger partial charge in [0, 0.05) is 11.9 Å². The first kappa shape index (κ1) is 22.0. The molecule has 0 N–H and O–H groups in total. The van der Waals surface area contributed by atoms with Gasteiger partial charge in [-0.15, -0.1) is 5.69 Å². The summed E-state index contributed by atoms with van der Waals surface area (Å²) in [5.74, 6) is 0.965. The molecule has 2 rings (SSSR count). The van der Waals surface area contributed by atoms with E-state index in [1.165, 1.54) is 11.1 Å². The Morgan fingerprint density at radius 3 is 1.88 bits per heavy atom. The van der Waals surface area contributed by atoms with Crippen molar-refractivity contribution in [2.24, 2.45) is 0 Å². The summed E-state index contributed by atoms with van der Waals surface area (Å²) in [4.78, 5) is 4.35. The monoisotopic (exact) mass is 462 g/mol. The van der Waals surface area contributed by atoms with E-state index in [1.54, 1.807) is 0 Å². The quantitative estimate of drug-likeness (QED) is 0.447. The second kappa shape index (κ2) is 11.5. The number of hydrogen-bond donors (Lipinski definition) is 0. The summed E-state index contributed by atoms with van der Waals surface area (Å²) in [6.45, 7) is 9.53. The Hall–Kier alpha value is -0.0769. The van der Waals surface area contributed by atoms with Crippen LogP contribution in [0.3, 0.4) is 0 Å². The molecule has 0 atom stereocenters. The Kier molecular flexibility index (Phi) is 10.5. The van der Waals surface area contributed by atoms with Crippen LogP contribution >= 0.6 is 25.5 Å². The van der Waals surface area contributed by atoms with Gasteiger partial charge in [0.05, 0.1) is 0 Å². The van der Waals surface area contributed by atoms with E-state index in [0.717, 1.165) is 11.4 Å². The van der Waals surface area contributed by atoms with Crippen molar-refractivity contribution in [2.45, 2.75) is 46.1 Å². The molecule has 0 saturated carbocycles. The van der Waals surface area contributed by atoms with Crippen molar-refractivity contribution in [3.05, 3.63) is 64.7 Å². The molecule has 24 heavy (non-hydrogen) atoms. The van der Waals surface area contributed by atoms with E-state index in [2.05, 4.69) is 50.9 Å². The molecule has 0 radical (unpaired) electrons. The Morgan fingerprint density at radius 2 is 1.46 bits per heavy atom. The van der Waals surface area contributed by atoms with Gasteiger partial charge in [-0.25, -0.2) is 0 Å². The van der Waals surface area contributed by atoms with Crippen LogP contribution in [-0.2, 0) is 24.7 Å². The molecule has 0 bridgehead atoms. The zero-order valence-electron chi connectivity index (χ0n) is 14.4. The average molecular weight is 465 g/mol. The normalized spacial score (nSPS) is 10.4. The van der Waals surface area contributed by atoms with Crippen LogP contribution in [0.15, 0.2) is 42.6 Å². The van der Waals surface area contributed by atoms with Crippen molar-refractivity contribution < 1.29 is 18.2 Å². The number of nitrogens with zero attached hydrogens (tertiary/aromatic N) is 2. The maximum absolute atomic E-state index is 5.00. The number of para-hydroxylation sites is 1. The zero-order chi connectivity index (χ0) is 18.1. The average Bonchev–Trinajstić information content (AvgIpc) is 2.52. The molecule has 0 aliphatic rings. The van der Waals surface area contributed by atoms with Crippen LogP contribution in [0.4, 0.5) is 5.69 Å². The SMILES string of the molecule is CC(C)c1cccc(C(C)C)c1[N-]Cc1ccccn1.[Cl][Zr]([Cl])[Cl]. The molecule has 0 aliphatic heterocycles.